The van der Waals surface area contributed by atoms with Gasteiger partial charge in [0.15, 0.2) is 5.82 Å². The fourth-order valence-electron chi connectivity index (χ4n) is 4.90. The van der Waals surface area contributed by atoms with Gasteiger partial charge in [0.2, 0.25) is 0 Å². The zero-order chi connectivity index (χ0) is 21.0. The molecular weight excluding hydrogens is 364 g/mol. The molecule has 2 nitrogen and oxygen atoms in total. The maximum atomic E-state index is 4.66. The number of hydrogen-bond acceptors (Lipinski definition) is 2. The van der Waals surface area contributed by atoms with Crippen LogP contribution >= 0.6 is 0 Å². The second-order valence-electron chi connectivity index (χ2n) is 9.49. The van der Waals surface area contributed by atoms with Crippen molar-refractivity contribution in [2.75, 3.05) is 0 Å². The van der Waals surface area contributed by atoms with Gasteiger partial charge in [0.25, 0.3) is 0 Å². The Labute approximate surface area is 184 Å². The Balaban J connectivity index is 1.41. The number of aromatic nitrogens is 2. The van der Waals surface area contributed by atoms with E-state index in [1.165, 1.54) is 94.6 Å². The third-order valence-electron chi connectivity index (χ3n) is 7.01. The number of benzene rings is 1. The molecule has 1 aromatic carbocycles. The van der Waals surface area contributed by atoms with Crippen molar-refractivity contribution in [2.45, 2.75) is 104 Å². The highest BCUT2D eigenvalue weighted by atomic mass is 14.9. The largest absolute Gasteiger partial charge is 0.236 e. The van der Waals surface area contributed by atoms with E-state index in [2.05, 4.69) is 48.1 Å². The van der Waals surface area contributed by atoms with Crippen LogP contribution in [-0.2, 0) is 12.8 Å². The second kappa shape index (κ2) is 12.9. The summed E-state index contributed by atoms with van der Waals surface area (Å²) in [6, 6.07) is 8.83. The van der Waals surface area contributed by atoms with Crippen molar-refractivity contribution in [3.63, 3.8) is 0 Å². The third-order valence-corrected chi connectivity index (χ3v) is 7.01. The molecule has 2 heteroatoms. The maximum Gasteiger partial charge on any atom is 0.159 e. The van der Waals surface area contributed by atoms with Gasteiger partial charge < -0.3 is 0 Å². The Hall–Kier alpha value is -1.70. The van der Waals surface area contributed by atoms with Crippen molar-refractivity contribution in [3.8, 4) is 11.4 Å². The summed E-state index contributed by atoms with van der Waals surface area (Å²) < 4.78 is 0. The van der Waals surface area contributed by atoms with Gasteiger partial charge in [-0.1, -0.05) is 102 Å². The molecule has 1 heterocycles. The second-order valence-corrected chi connectivity index (χ2v) is 9.49. The summed E-state index contributed by atoms with van der Waals surface area (Å²) in [4.78, 5) is 9.32. The quantitative estimate of drug-likeness (QED) is 0.332. The first-order valence-corrected chi connectivity index (χ1v) is 12.7. The van der Waals surface area contributed by atoms with Gasteiger partial charge in [-0.3, -0.25) is 0 Å². The van der Waals surface area contributed by atoms with Gasteiger partial charge in [0, 0.05) is 18.0 Å². The fourth-order valence-corrected chi connectivity index (χ4v) is 4.90. The molecule has 0 amide bonds. The lowest BCUT2D eigenvalue weighted by atomic mass is 9.78. The van der Waals surface area contributed by atoms with E-state index in [9.17, 15) is 0 Å². The molecule has 1 aromatic heterocycles. The molecule has 0 aliphatic heterocycles. The Morgan fingerprint density at radius 1 is 0.667 bits per heavy atom. The van der Waals surface area contributed by atoms with Crippen LogP contribution in [0, 0.1) is 11.8 Å². The molecule has 0 atom stereocenters. The van der Waals surface area contributed by atoms with Crippen molar-refractivity contribution in [3.05, 3.63) is 47.8 Å². The van der Waals surface area contributed by atoms with Crippen molar-refractivity contribution in [1.82, 2.24) is 9.97 Å². The smallest absolute Gasteiger partial charge is 0.159 e. The molecule has 1 fully saturated rings. The fraction of sp³-hybridized carbons (Fsp3) is 0.643. The van der Waals surface area contributed by atoms with Crippen LogP contribution < -0.4 is 0 Å². The first-order chi connectivity index (χ1) is 14.8. The molecule has 0 N–H and O–H groups in total. The Morgan fingerprint density at radius 3 is 1.90 bits per heavy atom. The number of aryl methyl sites for hydroxylation is 2. The standard InChI is InChI=1S/C28H42N2/c1-3-5-7-9-23-11-13-25(14-12-23)15-16-26-21-29-28(30-22-26)27-19-17-24(18-20-27)10-8-6-4-2/h17-23,25H,3-16H2,1-2H3/t23-,25-. The van der Waals surface area contributed by atoms with Gasteiger partial charge in [0.1, 0.15) is 0 Å². The lowest BCUT2D eigenvalue weighted by Gasteiger charge is -2.28. The predicted molar refractivity (Wildman–Crippen MR) is 129 cm³/mol. The number of hydrogen-bond donors (Lipinski definition) is 0. The Bertz CT molecular complexity index is 696. The molecular formula is C28H42N2. The van der Waals surface area contributed by atoms with Crippen LogP contribution in [0.5, 0.6) is 0 Å². The zero-order valence-electron chi connectivity index (χ0n) is 19.4. The topological polar surface area (TPSA) is 25.8 Å². The van der Waals surface area contributed by atoms with E-state index >= 15 is 0 Å². The summed E-state index contributed by atoms with van der Waals surface area (Å²) in [6.45, 7) is 4.56. The number of nitrogens with zero attached hydrogens (tertiary/aromatic N) is 2. The maximum absolute atomic E-state index is 4.66. The SMILES string of the molecule is CCCCCc1ccc(-c2ncc(CC[C@H]3CC[C@H](CCCCC)CC3)cn2)cc1. The van der Waals surface area contributed by atoms with Gasteiger partial charge >= 0.3 is 0 Å². The molecule has 0 radical (unpaired) electrons. The lowest BCUT2D eigenvalue weighted by molar-refractivity contribution is 0.249. The molecule has 0 spiro atoms. The average Bonchev–Trinajstić information content (AvgIpc) is 2.80. The van der Waals surface area contributed by atoms with Crippen LogP contribution in [0.15, 0.2) is 36.7 Å². The van der Waals surface area contributed by atoms with Gasteiger partial charge in [-0.05, 0) is 48.6 Å². The highest BCUT2D eigenvalue weighted by Crippen LogP contribution is 2.34. The predicted octanol–water partition coefficient (Wildman–Crippen LogP) is 8.20. The van der Waals surface area contributed by atoms with E-state index in [-0.39, 0.29) is 0 Å². The van der Waals surface area contributed by atoms with E-state index in [0.29, 0.717) is 0 Å². The van der Waals surface area contributed by atoms with Crippen LogP contribution in [0.4, 0.5) is 0 Å². The van der Waals surface area contributed by atoms with Gasteiger partial charge in [-0.15, -0.1) is 0 Å². The zero-order valence-corrected chi connectivity index (χ0v) is 19.4. The summed E-state index contributed by atoms with van der Waals surface area (Å²) in [7, 11) is 0. The number of unbranched alkanes of at least 4 members (excludes halogenated alkanes) is 4. The first kappa shape index (κ1) is 23.0. The molecule has 1 aliphatic rings. The van der Waals surface area contributed by atoms with Crippen LogP contribution in [0.25, 0.3) is 11.4 Å². The van der Waals surface area contributed by atoms with Crippen LogP contribution in [-0.4, -0.2) is 9.97 Å². The normalized spacial score (nSPS) is 19.1. The highest BCUT2D eigenvalue weighted by Gasteiger charge is 2.20. The van der Waals surface area contributed by atoms with Gasteiger partial charge in [-0.2, -0.15) is 0 Å². The van der Waals surface area contributed by atoms with Crippen molar-refractivity contribution < 1.29 is 0 Å². The van der Waals surface area contributed by atoms with E-state index in [4.69, 9.17) is 0 Å². The van der Waals surface area contributed by atoms with Gasteiger partial charge in [0.05, 0.1) is 0 Å². The summed E-state index contributed by atoms with van der Waals surface area (Å²) >= 11 is 0. The van der Waals surface area contributed by atoms with Crippen molar-refractivity contribution >= 4 is 0 Å². The third kappa shape index (κ3) is 7.52. The molecule has 1 saturated carbocycles. The van der Waals surface area contributed by atoms with E-state index in [1.807, 2.05) is 12.4 Å². The van der Waals surface area contributed by atoms with E-state index in [0.717, 1.165) is 29.6 Å². The number of rotatable bonds is 12. The first-order valence-electron chi connectivity index (χ1n) is 12.7. The minimum atomic E-state index is 0.853. The minimum Gasteiger partial charge on any atom is -0.236 e. The Morgan fingerprint density at radius 2 is 1.27 bits per heavy atom. The monoisotopic (exact) mass is 406 g/mol. The summed E-state index contributed by atoms with van der Waals surface area (Å²) in [5.74, 6) is 2.77. The van der Waals surface area contributed by atoms with Crippen LogP contribution in [0.3, 0.4) is 0 Å². The van der Waals surface area contributed by atoms with Gasteiger partial charge in [-0.25, -0.2) is 9.97 Å². The van der Waals surface area contributed by atoms with Crippen molar-refractivity contribution in [2.24, 2.45) is 11.8 Å². The van der Waals surface area contributed by atoms with Crippen LogP contribution in [0.2, 0.25) is 0 Å². The summed E-state index contributed by atoms with van der Waals surface area (Å²) in [5.41, 5.74) is 3.84. The molecule has 30 heavy (non-hydrogen) atoms. The van der Waals surface area contributed by atoms with E-state index in [1.54, 1.807) is 0 Å². The van der Waals surface area contributed by atoms with Crippen LogP contribution in [0.1, 0.15) is 102 Å². The highest BCUT2D eigenvalue weighted by molar-refractivity contribution is 5.55. The molecule has 1 aliphatic carbocycles. The lowest BCUT2D eigenvalue weighted by Crippen LogP contribution is -2.15. The molecule has 0 unspecified atom stereocenters. The van der Waals surface area contributed by atoms with Crippen molar-refractivity contribution in [1.29, 1.82) is 0 Å². The molecule has 164 valence electrons. The summed E-state index contributed by atoms with van der Waals surface area (Å²) in [6.07, 6.45) is 23.0. The van der Waals surface area contributed by atoms with E-state index < -0.39 is 0 Å². The molecule has 2 aromatic rings. The molecule has 3 rings (SSSR count). The molecule has 0 bridgehead atoms. The minimum absolute atomic E-state index is 0.853. The summed E-state index contributed by atoms with van der Waals surface area (Å²) in [5, 5.41) is 0. The Kier molecular flexibility index (Phi) is 9.86. The molecule has 0 saturated heterocycles. The average molecular weight is 407 g/mol.